The van der Waals surface area contributed by atoms with Crippen molar-refractivity contribution >= 4 is 0 Å². The van der Waals surface area contributed by atoms with E-state index in [-0.39, 0.29) is 12.1 Å². The van der Waals surface area contributed by atoms with Crippen molar-refractivity contribution in [2.75, 3.05) is 6.61 Å². The molecule has 1 aliphatic rings. The molecule has 6 heteroatoms. The maximum absolute atomic E-state index is 12.8. The Balaban J connectivity index is 1.71. The van der Waals surface area contributed by atoms with E-state index < -0.39 is 17.3 Å². The zero-order valence-electron chi connectivity index (χ0n) is 14.5. The fourth-order valence-electron chi connectivity index (χ4n) is 3.54. The van der Waals surface area contributed by atoms with Gasteiger partial charge in [-0.2, -0.15) is 13.2 Å². The van der Waals surface area contributed by atoms with E-state index in [2.05, 4.69) is 5.32 Å². The average molecular weight is 365 g/mol. The Morgan fingerprint density at radius 2 is 1.73 bits per heavy atom. The van der Waals surface area contributed by atoms with E-state index >= 15 is 0 Å². The van der Waals surface area contributed by atoms with E-state index in [1.807, 2.05) is 37.3 Å². The molecular formula is C20H22F3NO2. The monoisotopic (exact) mass is 365 g/mol. The average Bonchev–Trinajstić information content (AvgIpc) is 2.60. The molecule has 3 nitrogen and oxygen atoms in total. The minimum absolute atomic E-state index is 0.0143. The van der Waals surface area contributed by atoms with Gasteiger partial charge in [0, 0.05) is 12.1 Å². The number of benzene rings is 2. The van der Waals surface area contributed by atoms with Crippen LogP contribution in [-0.4, -0.2) is 23.8 Å². The highest BCUT2D eigenvalue weighted by atomic mass is 19.4. The first-order chi connectivity index (χ1) is 12.3. The Hall–Kier alpha value is -2.05. The van der Waals surface area contributed by atoms with E-state index in [0.29, 0.717) is 25.0 Å². The Bertz CT molecular complexity index is 718. The minimum Gasteiger partial charge on any atom is -0.492 e. The van der Waals surface area contributed by atoms with Crippen molar-refractivity contribution in [3.63, 3.8) is 0 Å². The molecule has 0 aromatic heterocycles. The molecule has 0 bridgehead atoms. The fraction of sp³-hybridized carbons (Fsp3) is 0.400. The number of para-hydroxylation sites is 1. The Labute approximate surface area is 150 Å². The smallest absolute Gasteiger partial charge is 0.416 e. The lowest BCUT2D eigenvalue weighted by Gasteiger charge is -2.41. The van der Waals surface area contributed by atoms with Gasteiger partial charge in [-0.15, -0.1) is 0 Å². The van der Waals surface area contributed by atoms with Gasteiger partial charge in [-0.05, 0) is 49.6 Å². The summed E-state index contributed by atoms with van der Waals surface area (Å²) in [5.41, 5.74) is -1.39. The van der Waals surface area contributed by atoms with E-state index in [0.717, 1.165) is 17.9 Å². The third-order valence-corrected chi connectivity index (χ3v) is 4.69. The molecule has 1 saturated heterocycles. The lowest BCUT2D eigenvalue weighted by Crippen LogP contribution is -2.53. The van der Waals surface area contributed by atoms with Crippen LogP contribution in [0, 0.1) is 0 Å². The standard InChI is InChI=1S/C20H22F3NO2/c1-14-11-19(25,15-7-9-16(10-8-15)20(21,22)23)12-17(24-14)13-26-18-5-3-2-4-6-18/h2-10,14,17,24-25H,11-13H2,1H3/t14-,17-,19-/m0/s1. The first-order valence-electron chi connectivity index (χ1n) is 8.60. The summed E-state index contributed by atoms with van der Waals surface area (Å²) >= 11 is 0. The lowest BCUT2D eigenvalue weighted by molar-refractivity contribution is -0.137. The largest absolute Gasteiger partial charge is 0.492 e. The summed E-state index contributed by atoms with van der Waals surface area (Å²) in [6.45, 7) is 2.32. The molecule has 3 atom stereocenters. The van der Waals surface area contributed by atoms with Gasteiger partial charge in [0.25, 0.3) is 0 Å². The van der Waals surface area contributed by atoms with Crippen LogP contribution < -0.4 is 10.1 Å². The number of halogens is 3. The molecule has 26 heavy (non-hydrogen) atoms. The van der Waals surface area contributed by atoms with Crippen molar-refractivity contribution in [1.82, 2.24) is 5.32 Å². The third-order valence-electron chi connectivity index (χ3n) is 4.69. The number of aliphatic hydroxyl groups is 1. The van der Waals surface area contributed by atoms with Crippen molar-refractivity contribution in [2.45, 2.75) is 43.6 Å². The van der Waals surface area contributed by atoms with Crippen LogP contribution in [0.2, 0.25) is 0 Å². The molecule has 0 amide bonds. The van der Waals surface area contributed by atoms with Gasteiger partial charge in [0.15, 0.2) is 0 Å². The predicted octanol–water partition coefficient (Wildman–Crippen LogP) is 4.11. The fourth-order valence-corrected chi connectivity index (χ4v) is 3.54. The van der Waals surface area contributed by atoms with Crippen molar-refractivity contribution < 1.29 is 23.0 Å². The van der Waals surface area contributed by atoms with Crippen LogP contribution in [0.25, 0.3) is 0 Å². The number of hydrogen-bond donors (Lipinski definition) is 2. The molecular weight excluding hydrogens is 343 g/mol. The molecule has 1 heterocycles. The minimum atomic E-state index is -4.38. The number of piperidine rings is 1. The van der Waals surface area contributed by atoms with E-state index in [4.69, 9.17) is 4.74 Å². The van der Waals surface area contributed by atoms with Gasteiger partial charge in [-0.25, -0.2) is 0 Å². The van der Waals surface area contributed by atoms with Crippen LogP contribution in [0.5, 0.6) is 5.75 Å². The first-order valence-corrected chi connectivity index (χ1v) is 8.60. The topological polar surface area (TPSA) is 41.5 Å². The summed E-state index contributed by atoms with van der Waals surface area (Å²) in [5, 5.41) is 14.5. The van der Waals surface area contributed by atoms with Gasteiger partial charge in [0.2, 0.25) is 0 Å². The molecule has 2 aromatic carbocycles. The highest BCUT2D eigenvalue weighted by Gasteiger charge is 2.39. The molecule has 2 N–H and O–H groups in total. The summed E-state index contributed by atoms with van der Waals surface area (Å²) in [7, 11) is 0. The van der Waals surface area contributed by atoms with Crippen LogP contribution in [0.4, 0.5) is 13.2 Å². The molecule has 2 aromatic rings. The van der Waals surface area contributed by atoms with E-state index in [1.54, 1.807) is 0 Å². The normalized spacial score (nSPS) is 26.5. The van der Waals surface area contributed by atoms with Crippen LogP contribution in [-0.2, 0) is 11.8 Å². The van der Waals surface area contributed by atoms with Gasteiger partial charge in [0.05, 0.1) is 11.2 Å². The summed E-state index contributed by atoms with van der Waals surface area (Å²) < 4.78 is 44.0. The van der Waals surface area contributed by atoms with Crippen LogP contribution >= 0.6 is 0 Å². The SMILES string of the molecule is C[C@H]1C[C@@](O)(c2ccc(C(F)(F)F)cc2)C[C@@H](COc2ccccc2)N1. The highest BCUT2D eigenvalue weighted by molar-refractivity contribution is 5.30. The van der Waals surface area contributed by atoms with Crippen LogP contribution in [0.3, 0.4) is 0 Å². The number of alkyl halides is 3. The number of hydrogen-bond acceptors (Lipinski definition) is 3. The quantitative estimate of drug-likeness (QED) is 0.857. The van der Waals surface area contributed by atoms with Crippen molar-refractivity contribution in [2.24, 2.45) is 0 Å². The molecule has 0 spiro atoms. The Morgan fingerprint density at radius 3 is 2.35 bits per heavy atom. The van der Waals surface area contributed by atoms with Crippen molar-refractivity contribution in [1.29, 1.82) is 0 Å². The molecule has 140 valence electrons. The van der Waals surface area contributed by atoms with Gasteiger partial charge >= 0.3 is 6.18 Å². The second kappa shape index (κ2) is 7.29. The van der Waals surface area contributed by atoms with Gasteiger partial charge in [-0.3, -0.25) is 0 Å². The van der Waals surface area contributed by atoms with Gasteiger partial charge in [-0.1, -0.05) is 30.3 Å². The second-order valence-corrected chi connectivity index (χ2v) is 6.90. The maximum Gasteiger partial charge on any atom is 0.416 e. The summed E-state index contributed by atoms with van der Waals surface area (Å²) in [4.78, 5) is 0. The molecule has 1 aliphatic heterocycles. The van der Waals surface area contributed by atoms with E-state index in [1.165, 1.54) is 12.1 Å². The molecule has 0 unspecified atom stereocenters. The number of rotatable bonds is 4. The predicted molar refractivity (Wildman–Crippen MR) is 92.9 cm³/mol. The highest BCUT2D eigenvalue weighted by Crippen LogP contribution is 2.37. The van der Waals surface area contributed by atoms with E-state index in [9.17, 15) is 18.3 Å². The molecule has 3 rings (SSSR count). The zero-order valence-corrected chi connectivity index (χ0v) is 14.5. The van der Waals surface area contributed by atoms with Crippen molar-refractivity contribution in [3.8, 4) is 5.75 Å². The Morgan fingerprint density at radius 1 is 1.08 bits per heavy atom. The number of nitrogens with one attached hydrogen (secondary N) is 1. The summed E-state index contributed by atoms with van der Waals surface area (Å²) in [6.07, 6.45) is -3.58. The van der Waals surface area contributed by atoms with Crippen LogP contribution in [0.15, 0.2) is 54.6 Å². The molecule has 0 aliphatic carbocycles. The van der Waals surface area contributed by atoms with Gasteiger partial charge < -0.3 is 15.2 Å². The zero-order chi connectivity index (χ0) is 18.8. The first kappa shape index (κ1) is 18.7. The lowest BCUT2D eigenvalue weighted by atomic mass is 9.79. The van der Waals surface area contributed by atoms with Crippen LogP contribution in [0.1, 0.15) is 30.9 Å². The second-order valence-electron chi connectivity index (χ2n) is 6.90. The number of ether oxygens (including phenoxy) is 1. The molecule has 0 saturated carbocycles. The molecule has 0 radical (unpaired) electrons. The maximum atomic E-state index is 12.8. The Kier molecular flexibility index (Phi) is 5.25. The van der Waals surface area contributed by atoms with Crippen molar-refractivity contribution in [3.05, 3.63) is 65.7 Å². The summed E-state index contributed by atoms with van der Waals surface area (Å²) in [6, 6.07) is 14.1. The third kappa shape index (κ3) is 4.37. The van der Waals surface area contributed by atoms with Gasteiger partial charge in [0.1, 0.15) is 12.4 Å². The molecule has 1 fully saturated rings. The summed E-state index contributed by atoms with van der Waals surface area (Å²) in [5.74, 6) is 0.741.